The number of rotatable bonds is 9. The summed E-state index contributed by atoms with van der Waals surface area (Å²) in [6.45, 7) is 3.53. The Bertz CT molecular complexity index is 927. The molecule has 34 heavy (non-hydrogen) atoms. The van der Waals surface area contributed by atoms with Gasteiger partial charge in [-0.1, -0.05) is 23.7 Å². The van der Waals surface area contributed by atoms with Gasteiger partial charge in [-0.15, -0.1) is 0 Å². The lowest BCUT2D eigenvalue weighted by atomic mass is 10.0. The number of likely N-dealkylation sites (N-methyl/N-ethyl adjacent to an activating group) is 1. The quantitative estimate of drug-likeness (QED) is 0.519. The van der Waals surface area contributed by atoms with E-state index in [2.05, 4.69) is 0 Å². The Kier molecular flexibility index (Phi) is 8.42. The van der Waals surface area contributed by atoms with Gasteiger partial charge in [-0.05, 0) is 56.4 Å². The van der Waals surface area contributed by atoms with Crippen LogP contribution < -0.4 is 4.74 Å². The van der Waals surface area contributed by atoms with E-state index in [9.17, 15) is 9.18 Å². The van der Waals surface area contributed by atoms with E-state index in [1.165, 1.54) is 12.1 Å². The zero-order valence-corrected chi connectivity index (χ0v) is 20.3. The third-order valence-electron chi connectivity index (χ3n) is 6.40. The number of likely N-dealkylation sites (tertiary alicyclic amines) is 1. The fraction of sp³-hybridized carbons (Fsp3) is 0.500. The fourth-order valence-corrected chi connectivity index (χ4v) is 4.66. The van der Waals surface area contributed by atoms with Crippen molar-refractivity contribution in [2.45, 2.75) is 37.6 Å². The van der Waals surface area contributed by atoms with E-state index < -0.39 is 5.79 Å². The van der Waals surface area contributed by atoms with Crippen LogP contribution in [0.15, 0.2) is 48.5 Å². The minimum absolute atomic E-state index is 0.108. The molecule has 0 saturated carbocycles. The first-order chi connectivity index (χ1) is 16.4. The van der Waals surface area contributed by atoms with Gasteiger partial charge in [0.25, 0.3) is 0 Å². The van der Waals surface area contributed by atoms with Crippen molar-refractivity contribution in [3.8, 4) is 5.75 Å². The molecule has 0 aliphatic carbocycles. The fourth-order valence-electron chi connectivity index (χ4n) is 4.53. The van der Waals surface area contributed by atoms with E-state index in [0.717, 1.165) is 37.1 Å². The number of nitrogens with zero attached hydrogens (tertiary/aromatic N) is 2. The molecule has 0 bridgehead atoms. The van der Waals surface area contributed by atoms with Gasteiger partial charge in [0, 0.05) is 42.9 Å². The average molecular weight is 491 g/mol. The van der Waals surface area contributed by atoms with Crippen molar-refractivity contribution in [3.63, 3.8) is 0 Å². The summed E-state index contributed by atoms with van der Waals surface area (Å²) < 4.78 is 31.2. The molecule has 6 nitrogen and oxygen atoms in total. The summed E-state index contributed by atoms with van der Waals surface area (Å²) in [6, 6.07) is 13.7. The zero-order valence-electron chi connectivity index (χ0n) is 19.6. The minimum Gasteiger partial charge on any atom is -0.490 e. The van der Waals surface area contributed by atoms with Crippen LogP contribution in [0.3, 0.4) is 0 Å². The number of piperidine rings is 1. The van der Waals surface area contributed by atoms with Gasteiger partial charge >= 0.3 is 0 Å². The summed E-state index contributed by atoms with van der Waals surface area (Å²) in [5.74, 6) is -0.169. The molecule has 0 spiro atoms. The molecule has 0 aromatic heterocycles. The number of benzene rings is 2. The van der Waals surface area contributed by atoms with Gasteiger partial charge in [-0.3, -0.25) is 9.69 Å². The third-order valence-corrected chi connectivity index (χ3v) is 6.65. The molecule has 8 heteroatoms. The average Bonchev–Trinajstić information content (AvgIpc) is 3.31. The predicted molar refractivity (Wildman–Crippen MR) is 128 cm³/mol. The van der Waals surface area contributed by atoms with E-state index in [1.807, 2.05) is 41.1 Å². The highest BCUT2D eigenvalue weighted by atomic mass is 35.5. The van der Waals surface area contributed by atoms with Crippen LogP contribution in [0.4, 0.5) is 4.39 Å². The number of amides is 1. The summed E-state index contributed by atoms with van der Waals surface area (Å²) in [4.78, 5) is 16.7. The van der Waals surface area contributed by atoms with E-state index in [-0.39, 0.29) is 17.8 Å². The Balaban J connectivity index is 1.19. The van der Waals surface area contributed by atoms with E-state index >= 15 is 0 Å². The smallest absolute Gasteiger partial charge is 0.236 e. The molecule has 2 heterocycles. The van der Waals surface area contributed by atoms with Crippen LogP contribution in [0.2, 0.25) is 5.02 Å². The summed E-state index contributed by atoms with van der Waals surface area (Å²) in [5, 5.41) is 0.686. The van der Waals surface area contributed by atoms with Crippen LogP contribution in [0, 0.1) is 5.82 Å². The largest absolute Gasteiger partial charge is 0.490 e. The lowest BCUT2D eigenvalue weighted by Gasteiger charge is -2.33. The van der Waals surface area contributed by atoms with E-state index in [4.69, 9.17) is 25.8 Å². The van der Waals surface area contributed by atoms with Crippen LogP contribution in [0.25, 0.3) is 0 Å². The van der Waals surface area contributed by atoms with Crippen molar-refractivity contribution in [1.82, 2.24) is 9.80 Å². The summed E-state index contributed by atoms with van der Waals surface area (Å²) >= 11 is 5.93. The van der Waals surface area contributed by atoms with Crippen LogP contribution in [0.5, 0.6) is 5.75 Å². The SMILES string of the molecule is CN(CCCC1(c2ccc(F)cc2)OCCO1)CC(=O)N1CCC(Oc2ccc(Cl)cc2)CC1. The molecular formula is C26H32ClFN2O4. The molecule has 1 amide bonds. The number of ether oxygens (including phenoxy) is 3. The Hall–Kier alpha value is -2.19. The van der Waals surface area contributed by atoms with Gasteiger partial charge in [0.1, 0.15) is 17.7 Å². The van der Waals surface area contributed by atoms with Gasteiger partial charge < -0.3 is 19.1 Å². The highest BCUT2D eigenvalue weighted by Crippen LogP contribution is 2.36. The molecule has 0 unspecified atom stereocenters. The van der Waals surface area contributed by atoms with Gasteiger partial charge in [0.2, 0.25) is 5.91 Å². The highest BCUT2D eigenvalue weighted by molar-refractivity contribution is 6.30. The van der Waals surface area contributed by atoms with Crippen molar-refractivity contribution in [1.29, 1.82) is 0 Å². The maximum atomic E-state index is 13.3. The number of carbonyl (C=O) groups excluding carboxylic acids is 1. The Morgan fingerprint density at radius 1 is 1.12 bits per heavy atom. The second-order valence-corrected chi connectivity index (χ2v) is 9.39. The molecule has 2 fully saturated rings. The first-order valence-electron chi connectivity index (χ1n) is 11.9. The summed E-state index contributed by atoms with van der Waals surface area (Å²) in [5.41, 5.74) is 0.828. The van der Waals surface area contributed by atoms with Crippen LogP contribution in [-0.4, -0.2) is 68.3 Å². The predicted octanol–water partition coefficient (Wildman–Crippen LogP) is 4.46. The number of carbonyl (C=O) groups is 1. The molecular weight excluding hydrogens is 459 g/mol. The number of hydrogen-bond acceptors (Lipinski definition) is 5. The number of halogens is 2. The number of hydrogen-bond donors (Lipinski definition) is 0. The van der Waals surface area contributed by atoms with Crippen molar-refractivity contribution >= 4 is 17.5 Å². The van der Waals surface area contributed by atoms with Crippen molar-refractivity contribution in [2.24, 2.45) is 0 Å². The first-order valence-corrected chi connectivity index (χ1v) is 12.2. The summed E-state index contributed by atoms with van der Waals surface area (Å²) in [7, 11) is 1.95. The Morgan fingerprint density at radius 3 is 2.41 bits per heavy atom. The topological polar surface area (TPSA) is 51.2 Å². The second-order valence-electron chi connectivity index (χ2n) is 8.95. The van der Waals surface area contributed by atoms with Crippen LogP contribution >= 0.6 is 11.6 Å². The molecule has 0 atom stereocenters. The van der Waals surface area contributed by atoms with E-state index in [0.29, 0.717) is 44.3 Å². The van der Waals surface area contributed by atoms with Gasteiger partial charge in [-0.2, -0.15) is 0 Å². The molecule has 2 aliphatic rings. The highest BCUT2D eigenvalue weighted by Gasteiger charge is 2.38. The van der Waals surface area contributed by atoms with Gasteiger partial charge in [0.05, 0.1) is 19.8 Å². The lowest BCUT2D eigenvalue weighted by molar-refractivity contribution is -0.172. The molecule has 2 aromatic rings. The van der Waals surface area contributed by atoms with E-state index in [1.54, 1.807) is 12.1 Å². The minimum atomic E-state index is -0.829. The van der Waals surface area contributed by atoms with Gasteiger partial charge in [-0.25, -0.2) is 4.39 Å². The van der Waals surface area contributed by atoms with Crippen molar-refractivity contribution in [3.05, 3.63) is 64.9 Å². The molecule has 0 N–H and O–H groups in total. The Labute approximate surface area is 205 Å². The normalized spacial score (nSPS) is 18.4. The molecule has 2 aromatic carbocycles. The van der Waals surface area contributed by atoms with Crippen molar-refractivity contribution in [2.75, 3.05) is 46.4 Å². The maximum absolute atomic E-state index is 13.3. The standard InChI is InChI=1S/C26H32ClFN2O4/c1-29(14-2-13-26(32-17-18-33-26)20-3-7-22(28)8-4-20)19-25(31)30-15-11-24(12-16-30)34-23-9-5-21(27)6-10-23/h3-10,24H,2,11-19H2,1H3. The molecule has 2 aliphatic heterocycles. The maximum Gasteiger partial charge on any atom is 0.236 e. The third kappa shape index (κ3) is 6.48. The molecule has 0 radical (unpaired) electrons. The zero-order chi connectivity index (χ0) is 24.0. The van der Waals surface area contributed by atoms with Crippen molar-refractivity contribution < 1.29 is 23.4 Å². The molecule has 2 saturated heterocycles. The molecule has 4 rings (SSSR count). The van der Waals surface area contributed by atoms with Crippen LogP contribution in [0.1, 0.15) is 31.2 Å². The lowest BCUT2D eigenvalue weighted by Crippen LogP contribution is -2.45. The summed E-state index contributed by atoms with van der Waals surface area (Å²) in [6.07, 6.45) is 3.17. The molecule has 184 valence electrons. The Morgan fingerprint density at radius 2 is 1.76 bits per heavy atom. The second kappa shape index (κ2) is 11.5. The monoisotopic (exact) mass is 490 g/mol. The van der Waals surface area contributed by atoms with Crippen LogP contribution in [-0.2, 0) is 20.1 Å². The first kappa shape index (κ1) is 24.9. The van der Waals surface area contributed by atoms with Gasteiger partial charge in [0.15, 0.2) is 5.79 Å².